The van der Waals surface area contributed by atoms with Crippen molar-refractivity contribution in [3.05, 3.63) is 0 Å². The van der Waals surface area contributed by atoms with E-state index < -0.39 is 0 Å². The van der Waals surface area contributed by atoms with Gasteiger partial charge in [0.25, 0.3) is 0 Å². The molecular weight excluding hydrogens is 238 g/mol. The number of carbonyl (C=O) groups excluding carboxylic acids is 1. The van der Waals surface area contributed by atoms with Gasteiger partial charge in [-0.3, -0.25) is 9.69 Å². The zero-order chi connectivity index (χ0) is 13.3. The molecule has 2 N–H and O–H groups in total. The van der Waals surface area contributed by atoms with Crippen LogP contribution in [0.1, 0.15) is 44.9 Å². The molecule has 1 amide bonds. The summed E-state index contributed by atoms with van der Waals surface area (Å²) in [6.07, 6.45) is 8.73. The van der Waals surface area contributed by atoms with Crippen LogP contribution in [0.5, 0.6) is 0 Å². The van der Waals surface area contributed by atoms with Crippen molar-refractivity contribution in [2.75, 3.05) is 32.7 Å². The van der Waals surface area contributed by atoms with Crippen LogP contribution in [-0.2, 0) is 4.79 Å². The predicted octanol–water partition coefficient (Wildman–Crippen LogP) is 1.20. The lowest BCUT2D eigenvalue weighted by atomic mass is 9.80. The molecule has 0 spiro atoms. The number of hydrogen-bond donors (Lipinski definition) is 1. The van der Waals surface area contributed by atoms with Crippen molar-refractivity contribution in [3.63, 3.8) is 0 Å². The van der Waals surface area contributed by atoms with Crippen LogP contribution in [0, 0.1) is 5.92 Å². The third kappa shape index (κ3) is 2.65. The summed E-state index contributed by atoms with van der Waals surface area (Å²) in [4.78, 5) is 16.7. The van der Waals surface area contributed by atoms with Crippen molar-refractivity contribution in [1.82, 2.24) is 9.80 Å². The van der Waals surface area contributed by atoms with E-state index in [0.29, 0.717) is 11.8 Å². The van der Waals surface area contributed by atoms with Gasteiger partial charge in [-0.1, -0.05) is 19.3 Å². The van der Waals surface area contributed by atoms with Crippen LogP contribution in [0.4, 0.5) is 0 Å². The van der Waals surface area contributed by atoms with Gasteiger partial charge >= 0.3 is 0 Å². The molecule has 1 aliphatic heterocycles. The Morgan fingerprint density at radius 1 is 1.05 bits per heavy atom. The maximum atomic E-state index is 12.1. The normalized spacial score (nSPS) is 28.4. The number of amides is 1. The Balaban J connectivity index is 1.57. The molecule has 0 radical (unpaired) electrons. The van der Waals surface area contributed by atoms with Gasteiger partial charge in [-0.05, 0) is 25.7 Å². The lowest BCUT2D eigenvalue weighted by Crippen LogP contribution is -2.61. The molecule has 1 saturated heterocycles. The van der Waals surface area contributed by atoms with Gasteiger partial charge in [0.1, 0.15) is 0 Å². The molecule has 2 saturated carbocycles. The Labute approximate surface area is 116 Å². The molecule has 0 aromatic heterocycles. The van der Waals surface area contributed by atoms with Crippen LogP contribution >= 0.6 is 0 Å². The summed E-state index contributed by atoms with van der Waals surface area (Å²) in [5.41, 5.74) is 6.34. The highest BCUT2D eigenvalue weighted by Crippen LogP contribution is 2.35. The van der Waals surface area contributed by atoms with Crippen LogP contribution in [0.15, 0.2) is 0 Å². The largest absolute Gasteiger partial charge is 0.340 e. The molecule has 0 atom stereocenters. The molecule has 108 valence electrons. The Bertz CT molecular complexity index is 326. The molecule has 3 fully saturated rings. The van der Waals surface area contributed by atoms with Crippen LogP contribution < -0.4 is 5.73 Å². The monoisotopic (exact) mass is 265 g/mol. The average Bonchev–Trinajstić information content (AvgIpc) is 3.32. The van der Waals surface area contributed by atoms with Crippen LogP contribution in [0.2, 0.25) is 0 Å². The molecule has 0 unspecified atom stereocenters. The molecule has 0 aromatic carbocycles. The summed E-state index contributed by atoms with van der Waals surface area (Å²) >= 11 is 0. The first kappa shape index (κ1) is 13.4. The fraction of sp³-hybridized carbons (Fsp3) is 0.933. The highest BCUT2D eigenvalue weighted by Gasteiger charge is 2.40. The molecular formula is C15H27N3O. The van der Waals surface area contributed by atoms with Crippen molar-refractivity contribution in [1.29, 1.82) is 0 Å². The van der Waals surface area contributed by atoms with Crippen molar-refractivity contribution >= 4 is 5.91 Å². The second-order valence-corrected chi connectivity index (χ2v) is 6.58. The summed E-state index contributed by atoms with van der Waals surface area (Å²) in [7, 11) is 0. The fourth-order valence-corrected chi connectivity index (χ4v) is 3.85. The smallest absolute Gasteiger partial charge is 0.225 e. The molecule has 3 rings (SSSR count). The number of nitrogens with zero attached hydrogens (tertiary/aromatic N) is 2. The first-order chi connectivity index (χ1) is 9.25. The maximum absolute atomic E-state index is 12.1. The zero-order valence-electron chi connectivity index (χ0n) is 11.9. The Hall–Kier alpha value is -0.610. The zero-order valence-corrected chi connectivity index (χ0v) is 11.9. The van der Waals surface area contributed by atoms with Gasteiger partial charge in [0.05, 0.1) is 0 Å². The Kier molecular flexibility index (Phi) is 3.81. The van der Waals surface area contributed by atoms with E-state index in [9.17, 15) is 4.79 Å². The van der Waals surface area contributed by atoms with Crippen LogP contribution in [0.3, 0.4) is 0 Å². The third-order valence-corrected chi connectivity index (χ3v) is 5.35. The minimum Gasteiger partial charge on any atom is -0.340 e. The lowest BCUT2D eigenvalue weighted by molar-refractivity contribution is -0.135. The van der Waals surface area contributed by atoms with E-state index >= 15 is 0 Å². The minimum atomic E-state index is 0.243. The van der Waals surface area contributed by atoms with E-state index in [-0.39, 0.29) is 5.54 Å². The summed E-state index contributed by atoms with van der Waals surface area (Å²) in [6.45, 7) is 4.66. The highest BCUT2D eigenvalue weighted by atomic mass is 16.2. The van der Waals surface area contributed by atoms with Gasteiger partial charge in [0.15, 0.2) is 0 Å². The average molecular weight is 265 g/mol. The summed E-state index contributed by atoms with van der Waals surface area (Å²) in [6, 6.07) is 0. The molecule has 19 heavy (non-hydrogen) atoms. The molecule has 3 aliphatic rings. The van der Waals surface area contributed by atoms with Crippen LogP contribution in [0.25, 0.3) is 0 Å². The topological polar surface area (TPSA) is 49.6 Å². The number of carbonyl (C=O) groups is 1. The van der Waals surface area contributed by atoms with Crippen molar-refractivity contribution in [3.8, 4) is 0 Å². The van der Waals surface area contributed by atoms with E-state index in [4.69, 9.17) is 5.73 Å². The van der Waals surface area contributed by atoms with Crippen LogP contribution in [-0.4, -0.2) is 54.0 Å². The number of rotatable bonds is 3. The standard InChI is InChI=1S/C15H27N3O/c16-12-15(6-2-1-3-7-15)18-10-8-17(9-11-18)14(19)13-4-5-13/h13H,1-12,16H2. The summed E-state index contributed by atoms with van der Waals surface area (Å²) in [5.74, 6) is 0.773. The van der Waals surface area contributed by atoms with E-state index in [1.54, 1.807) is 0 Å². The number of piperazine rings is 1. The minimum absolute atomic E-state index is 0.243. The van der Waals surface area contributed by atoms with Gasteiger partial charge in [0.2, 0.25) is 5.91 Å². The maximum Gasteiger partial charge on any atom is 0.225 e. The van der Waals surface area contributed by atoms with Gasteiger partial charge in [-0.15, -0.1) is 0 Å². The lowest BCUT2D eigenvalue weighted by Gasteiger charge is -2.49. The first-order valence-corrected chi connectivity index (χ1v) is 7.99. The fourth-order valence-electron chi connectivity index (χ4n) is 3.85. The van der Waals surface area contributed by atoms with Crippen molar-refractivity contribution in [2.45, 2.75) is 50.5 Å². The molecule has 1 heterocycles. The van der Waals surface area contributed by atoms with E-state index in [2.05, 4.69) is 9.80 Å². The highest BCUT2D eigenvalue weighted by molar-refractivity contribution is 5.81. The second-order valence-electron chi connectivity index (χ2n) is 6.58. The summed E-state index contributed by atoms with van der Waals surface area (Å²) < 4.78 is 0. The first-order valence-electron chi connectivity index (χ1n) is 7.99. The van der Waals surface area contributed by atoms with Gasteiger partial charge in [-0.2, -0.15) is 0 Å². The van der Waals surface area contributed by atoms with E-state index in [0.717, 1.165) is 45.6 Å². The molecule has 0 bridgehead atoms. The third-order valence-electron chi connectivity index (χ3n) is 5.35. The Morgan fingerprint density at radius 3 is 2.21 bits per heavy atom. The SMILES string of the molecule is NCC1(N2CCN(C(=O)C3CC3)CC2)CCCCC1. The quantitative estimate of drug-likeness (QED) is 0.834. The molecule has 2 aliphatic carbocycles. The summed E-state index contributed by atoms with van der Waals surface area (Å²) in [5, 5.41) is 0. The molecule has 0 aromatic rings. The molecule has 4 nitrogen and oxygen atoms in total. The van der Waals surface area contributed by atoms with Gasteiger partial charge in [-0.25, -0.2) is 0 Å². The number of hydrogen-bond acceptors (Lipinski definition) is 3. The molecule has 4 heteroatoms. The van der Waals surface area contributed by atoms with E-state index in [1.165, 1.54) is 32.1 Å². The van der Waals surface area contributed by atoms with Gasteiger partial charge < -0.3 is 10.6 Å². The van der Waals surface area contributed by atoms with Crippen molar-refractivity contribution < 1.29 is 4.79 Å². The van der Waals surface area contributed by atoms with Gasteiger partial charge in [0, 0.05) is 44.2 Å². The Morgan fingerprint density at radius 2 is 1.68 bits per heavy atom. The second kappa shape index (κ2) is 5.41. The van der Waals surface area contributed by atoms with Crippen molar-refractivity contribution in [2.24, 2.45) is 11.7 Å². The van der Waals surface area contributed by atoms with E-state index in [1.807, 2.05) is 0 Å². The number of nitrogens with two attached hydrogens (primary N) is 1. The predicted molar refractivity (Wildman–Crippen MR) is 75.7 cm³/mol.